The number of aryl methyl sites for hydroxylation is 1. The lowest BCUT2D eigenvalue weighted by Crippen LogP contribution is -2.05. The van der Waals surface area contributed by atoms with Crippen molar-refractivity contribution in [3.05, 3.63) is 16.3 Å². The first-order chi connectivity index (χ1) is 6.65. The Morgan fingerprint density at radius 2 is 2.50 bits per heavy atom. The molecular formula is C7H12N4O3. The molecule has 1 rings (SSSR count). The van der Waals surface area contributed by atoms with Gasteiger partial charge in [0, 0.05) is 20.2 Å². The predicted octanol–water partition coefficient (Wildman–Crippen LogP) is 0.123. The van der Waals surface area contributed by atoms with Gasteiger partial charge in [0.15, 0.2) is 0 Å². The zero-order valence-electron chi connectivity index (χ0n) is 7.80. The van der Waals surface area contributed by atoms with Gasteiger partial charge in [-0.2, -0.15) is 0 Å². The Hall–Kier alpha value is -1.63. The molecule has 1 heterocycles. The van der Waals surface area contributed by atoms with Crippen molar-refractivity contribution in [3.63, 3.8) is 0 Å². The van der Waals surface area contributed by atoms with Crippen LogP contribution in [0.4, 0.5) is 11.5 Å². The molecule has 7 nitrogen and oxygen atoms in total. The van der Waals surface area contributed by atoms with Crippen molar-refractivity contribution >= 4 is 11.5 Å². The predicted molar refractivity (Wildman–Crippen MR) is 50.1 cm³/mol. The lowest BCUT2D eigenvalue weighted by Gasteiger charge is -1.99. The van der Waals surface area contributed by atoms with Crippen molar-refractivity contribution in [3.8, 4) is 0 Å². The van der Waals surface area contributed by atoms with Crippen LogP contribution in [0.1, 0.15) is 6.42 Å². The van der Waals surface area contributed by atoms with Crippen LogP contribution in [0.5, 0.6) is 0 Å². The SMILES string of the molecule is Cn1cc([N+](=O)[O-])c(NCCCO)n1. The van der Waals surface area contributed by atoms with Crippen molar-refractivity contribution in [1.29, 1.82) is 0 Å². The minimum absolute atomic E-state index is 0.0492. The number of aliphatic hydroxyl groups excluding tert-OH is 1. The zero-order valence-corrected chi connectivity index (χ0v) is 7.80. The Balaban J connectivity index is 2.69. The highest BCUT2D eigenvalue weighted by molar-refractivity contribution is 5.54. The van der Waals surface area contributed by atoms with E-state index in [2.05, 4.69) is 10.4 Å². The largest absolute Gasteiger partial charge is 0.396 e. The number of aromatic nitrogens is 2. The third-order valence-corrected chi connectivity index (χ3v) is 1.63. The Labute approximate surface area is 80.5 Å². The Morgan fingerprint density at radius 1 is 1.79 bits per heavy atom. The van der Waals surface area contributed by atoms with Gasteiger partial charge in [0.05, 0.1) is 4.92 Å². The first-order valence-corrected chi connectivity index (χ1v) is 4.18. The Morgan fingerprint density at radius 3 is 3.07 bits per heavy atom. The summed E-state index contributed by atoms with van der Waals surface area (Å²) >= 11 is 0. The van der Waals surface area contributed by atoms with E-state index >= 15 is 0 Å². The number of rotatable bonds is 5. The number of anilines is 1. The van der Waals surface area contributed by atoms with E-state index in [0.29, 0.717) is 13.0 Å². The molecule has 0 radical (unpaired) electrons. The topological polar surface area (TPSA) is 93.2 Å². The molecule has 0 unspecified atom stereocenters. The van der Waals surface area contributed by atoms with Gasteiger partial charge in [-0.25, -0.2) is 0 Å². The lowest BCUT2D eigenvalue weighted by molar-refractivity contribution is -0.384. The molecule has 0 bridgehead atoms. The van der Waals surface area contributed by atoms with Crippen LogP contribution >= 0.6 is 0 Å². The van der Waals surface area contributed by atoms with E-state index in [-0.39, 0.29) is 18.1 Å². The molecule has 78 valence electrons. The van der Waals surface area contributed by atoms with Gasteiger partial charge in [-0.3, -0.25) is 14.8 Å². The first kappa shape index (κ1) is 10.5. The van der Waals surface area contributed by atoms with Crippen LogP contribution < -0.4 is 5.32 Å². The summed E-state index contributed by atoms with van der Waals surface area (Å²) in [6.45, 7) is 0.516. The fourth-order valence-corrected chi connectivity index (χ4v) is 1.02. The van der Waals surface area contributed by atoms with E-state index in [9.17, 15) is 10.1 Å². The van der Waals surface area contributed by atoms with E-state index < -0.39 is 4.92 Å². The van der Waals surface area contributed by atoms with E-state index in [1.54, 1.807) is 7.05 Å². The minimum atomic E-state index is -0.492. The van der Waals surface area contributed by atoms with Crippen molar-refractivity contribution in [2.45, 2.75) is 6.42 Å². The van der Waals surface area contributed by atoms with Crippen molar-refractivity contribution in [2.75, 3.05) is 18.5 Å². The smallest absolute Gasteiger partial charge is 0.330 e. The summed E-state index contributed by atoms with van der Waals surface area (Å²) in [7, 11) is 1.62. The van der Waals surface area contributed by atoms with Crippen LogP contribution in [0.25, 0.3) is 0 Å². The Kier molecular flexibility index (Phi) is 3.41. The lowest BCUT2D eigenvalue weighted by atomic mass is 10.4. The molecule has 0 atom stereocenters. The molecule has 2 N–H and O–H groups in total. The van der Waals surface area contributed by atoms with Crippen LogP contribution in [0.15, 0.2) is 6.20 Å². The molecule has 0 spiro atoms. The average Bonchev–Trinajstić information content (AvgIpc) is 2.47. The van der Waals surface area contributed by atoms with Crippen molar-refractivity contribution in [2.24, 2.45) is 7.05 Å². The second-order valence-corrected chi connectivity index (χ2v) is 2.80. The summed E-state index contributed by atoms with van der Waals surface area (Å²) in [5.74, 6) is 0.242. The maximum Gasteiger partial charge on any atom is 0.330 e. The molecule has 0 fully saturated rings. The van der Waals surface area contributed by atoms with Gasteiger partial charge >= 0.3 is 5.69 Å². The average molecular weight is 200 g/mol. The maximum absolute atomic E-state index is 10.5. The summed E-state index contributed by atoms with van der Waals surface area (Å²) in [6.07, 6.45) is 1.87. The zero-order chi connectivity index (χ0) is 10.6. The summed E-state index contributed by atoms with van der Waals surface area (Å²) < 4.78 is 1.37. The van der Waals surface area contributed by atoms with Gasteiger partial charge in [-0.15, -0.1) is 5.10 Å². The van der Waals surface area contributed by atoms with Crippen LogP contribution in [-0.4, -0.2) is 33.0 Å². The highest BCUT2D eigenvalue weighted by Crippen LogP contribution is 2.20. The van der Waals surface area contributed by atoms with Crippen LogP contribution in [0.2, 0.25) is 0 Å². The molecule has 1 aromatic rings. The van der Waals surface area contributed by atoms with Crippen LogP contribution in [0.3, 0.4) is 0 Å². The quantitative estimate of drug-likeness (QED) is 0.400. The third-order valence-electron chi connectivity index (χ3n) is 1.63. The number of nitrogens with one attached hydrogen (secondary N) is 1. The van der Waals surface area contributed by atoms with Crippen molar-refractivity contribution < 1.29 is 10.0 Å². The maximum atomic E-state index is 10.5. The van der Waals surface area contributed by atoms with E-state index in [0.717, 1.165) is 0 Å². The van der Waals surface area contributed by atoms with Gasteiger partial charge in [0.25, 0.3) is 0 Å². The summed E-state index contributed by atoms with van der Waals surface area (Å²) in [6, 6.07) is 0. The van der Waals surface area contributed by atoms with E-state index in [1.807, 2.05) is 0 Å². The molecule has 0 saturated carbocycles. The molecule has 0 aromatic carbocycles. The summed E-state index contributed by atoms with van der Waals surface area (Å²) in [4.78, 5) is 10.0. The number of aliphatic hydroxyl groups is 1. The van der Waals surface area contributed by atoms with E-state index in [1.165, 1.54) is 10.9 Å². The Bertz CT molecular complexity index is 323. The first-order valence-electron chi connectivity index (χ1n) is 4.18. The number of hydrogen-bond donors (Lipinski definition) is 2. The number of nitro groups is 1. The summed E-state index contributed by atoms with van der Waals surface area (Å²) in [5, 5.41) is 25.7. The highest BCUT2D eigenvalue weighted by atomic mass is 16.6. The normalized spacial score (nSPS) is 10.1. The van der Waals surface area contributed by atoms with Crippen LogP contribution in [-0.2, 0) is 7.05 Å². The fourth-order valence-electron chi connectivity index (χ4n) is 1.02. The molecule has 1 aromatic heterocycles. The fraction of sp³-hybridized carbons (Fsp3) is 0.571. The van der Waals surface area contributed by atoms with E-state index in [4.69, 9.17) is 5.11 Å². The summed E-state index contributed by atoms with van der Waals surface area (Å²) in [5.41, 5.74) is -0.0505. The second-order valence-electron chi connectivity index (χ2n) is 2.80. The van der Waals surface area contributed by atoms with Gasteiger partial charge in [0.2, 0.25) is 5.82 Å². The molecular weight excluding hydrogens is 188 g/mol. The number of nitrogens with zero attached hydrogens (tertiary/aromatic N) is 3. The van der Waals surface area contributed by atoms with Crippen LogP contribution in [0, 0.1) is 10.1 Å². The molecule has 0 aliphatic rings. The van der Waals surface area contributed by atoms with Crippen molar-refractivity contribution in [1.82, 2.24) is 9.78 Å². The molecule has 14 heavy (non-hydrogen) atoms. The third kappa shape index (κ3) is 2.43. The van der Waals surface area contributed by atoms with Gasteiger partial charge < -0.3 is 10.4 Å². The molecule has 0 aliphatic heterocycles. The monoisotopic (exact) mass is 200 g/mol. The van der Waals surface area contributed by atoms with Gasteiger partial charge in [0.1, 0.15) is 6.20 Å². The second kappa shape index (κ2) is 4.56. The number of hydrogen-bond acceptors (Lipinski definition) is 5. The minimum Gasteiger partial charge on any atom is -0.396 e. The molecule has 7 heteroatoms. The highest BCUT2D eigenvalue weighted by Gasteiger charge is 2.17. The molecule has 0 amide bonds. The standard InChI is InChI=1S/C7H12N4O3/c1-10-5-6(11(13)14)7(9-10)8-3-2-4-12/h5,12H,2-4H2,1H3,(H,8,9). The molecule has 0 saturated heterocycles. The molecule has 0 aliphatic carbocycles. The van der Waals surface area contributed by atoms with Gasteiger partial charge in [-0.05, 0) is 6.42 Å². The van der Waals surface area contributed by atoms with Gasteiger partial charge in [-0.1, -0.05) is 0 Å².